The van der Waals surface area contributed by atoms with Crippen LogP contribution in [0.5, 0.6) is 0 Å². The Hall–Kier alpha value is -1.96. The van der Waals surface area contributed by atoms with Crippen molar-refractivity contribution >= 4 is 17.4 Å². The molecule has 1 fully saturated rings. The number of morpholine rings is 1. The first-order valence-electron chi connectivity index (χ1n) is 7.88. The average molecular weight is 345 g/mol. The Balaban J connectivity index is 1.71. The fourth-order valence-electron chi connectivity index (χ4n) is 2.57. The van der Waals surface area contributed by atoms with Crippen LogP contribution in [-0.2, 0) is 4.74 Å². The van der Waals surface area contributed by atoms with Gasteiger partial charge in [-0.15, -0.1) is 11.8 Å². The van der Waals surface area contributed by atoms with E-state index in [9.17, 15) is 10.1 Å². The first-order chi connectivity index (χ1) is 11.7. The summed E-state index contributed by atoms with van der Waals surface area (Å²) in [6.45, 7) is 4.47. The molecule has 0 amide bonds. The summed E-state index contributed by atoms with van der Waals surface area (Å²) in [6.07, 6.45) is 0. The lowest BCUT2D eigenvalue weighted by Crippen LogP contribution is -2.37. The van der Waals surface area contributed by atoms with Crippen molar-refractivity contribution in [1.82, 2.24) is 9.88 Å². The van der Waals surface area contributed by atoms with Gasteiger partial charge in [-0.3, -0.25) is 15.0 Å². The van der Waals surface area contributed by atoms with E-state index in [1.54, 1.807) is 23.9 Å². The van der Waals surface area contributed by atoms with Crippen molar-refractivity contribution in [1.29, 1.82) is 0 Å². The minimum absolute atomic E-state index is 0.0405. The third-order valence-corrected chi connectivity index (χ3v) is 4.76. The first-order valence-corrected chi connectivity index (χ1v) is 8.86. The SMILES string of the molecule is O=[N+]([O-])c1ccc(SCCN2CCOCC2)nc1-c1ccccc1. The molecule has 7 heteroatoms. The van der Waals surface area contributed by atoms with Crippen LogP contribution >= 0.6 is 11.8 Å². The van der Waals surface area contributed by atoms with Crippen molar-refractivity contribution in [3.63, 3.8) is 0 Å². The quantitative estimate of drug-likeness (QED) is 0.455. The third kappa shape index (κ3) is 4.31. The minimum atomic E-state index is -0.377. The van der Waals surface area contributed by atoms with Crippen LogP contribution < -0.4 is 0 Å². The van der Waals surface area contributed by atoms with Gasteiger partial charge in [0.1, 0.15) is 5.69 Å². The summed E-state index contributed by atoms with van der Waals surface area (Å²) in [5.41, 5.74) is 1.23. The van der Waals surface area contributed by atoms with Gasteiger partial charge in [-0.1, -0.05) is 30.3 Å². The Labute approximate surface area is 145 Å². The van der Waals surface area contributed by atoms with E-state index in [4.69, 9.17) is 4.74 Å². The molecule has 6 nitrogen and oxygen atoms in total. The molecule has 0 spiro atoms. The molecule has 1 aliphatic rings. The highest BCUT2D eigenvalue weighted by Gasteiger charge is 2.18. The molecule has 0 radical (unpaired) electrons. The zero-order valence-corrected chi connectivity index (χ0v) is 14.1. The molecule has 2 heterocycles. The Kier molecular flexibility index (Phi) is 5.79. The van der Waals surface area contributed by atoms with Crippen molar-refractivity contribution in [2.45, 2.75) is 5.03 Å². The van der Waals surface area contributed by atoms with Crippen LogP contribution in [-0.4, -0.2) is 53.4 Å². The normalized spacial score (nSPS) is 15.3. The standard InChI is InChI=1S/C17H19N3O3S/c21-20(22)15-6-7-16(18-17(15)14-4-2-1-3-5-14)24-13-10-19-8-11-23-12-9-19/h1-7H,8-13H2. The van der Waals surface area contributed by atoms with E-state index in [-0.39, 0.29) is 10.6 Å². The number of pyridine rings is 1. The fraction of sp³-hybridized carbons (Fsp3) is 0.353. The van der Waals surface area contributed by atoms with Gasteiger partial charge in [-0.25, -0.2) is 4.98 Å². The summed E-state index contributed by atoms with van der Waals surface area (Å²) in [5, 5.41) is 12.1. The molecule has 3 rings (SSSR count). The second-order valence-corrected chi connectivity index (χ2v) is 6.56. The predicted octanol–water partition coefficient (Wildman–Crippen LogP) is 3.08. The van der Waals surface area contributed by atoms with Gasteiger partial charge in [0.15, 0.2) is 0 Å². The van der Waals surface area contributed by atoms with E-state index in [2.05, 4.69) is 9.88 Å². The number of nitrogens with zero attached hydrogens (tertiary/aromatic N) is 3. The third-order valence-electron chi connectivity index (χ3n) is 3.85. The summed E-state index contributed by atoms with van der Waals surface area (Å²) < 4.78 is 5.34. The Morgan fingerprint density at radius 3 is 2.62 bits per heavy atom. The molecular weight excluding hydrogens is 326 g/mol. The fourth-order valence-corrected chi connectivity index (χ4v) is 3.45. The number of hydrogen-bond acceptors (Lipinski definition) is 6. The number of ether oxygens (including phenoxy) is 1. The van der Waals surface area contributed by atoms with Gasteiger partial charge in [-0.2, -0.15) is 0 Å². The highest BCUT2D eigenvalue weighted by molar-refractivity contribution is 7.99. The summed E-state index contributed by atoms with van der Waals surface area (Å²) in [7, 11) is 0. The monoisotopic (exact) mass is 345 g/mol. The van der Waals surface area contributed by atoms with E-state index in [0.29, 0.717) is 5.69 Å². The van der Waals surface area contributed by atoms with E-state index in [0.717, 1.165) is 49.2 Å². The van der Waals surface area contributed by atoms with Gasteiger partial charge in [0.05, 0.1) is 23.2 Å². The molecule has 0 aliphatic carbocycles. The molecule has 1 aromatic carbocycles. The maximum Gasteiger partial charge on any atom is 0.295 e. The van der Waals surface area contributed by atoms with E-state index in [1.165, 1.54) is 0 Å². The number of thioether (sulfide) groups is 1. The molecule has 0 atom stereocenters. The van der Waals surface area contributed by atoms with Crippen molar-refractivity contribution in [2.75, 3.05) is 38.6 Å². The van der Waals surface area contributed by atoms with Crippen molar-refractivity contribution in [3.8, 4) is 11.3 Å². The first kappa shape index (κ1) is 16.9. The molecule has 2 aromatic rings. The van der Waals surface area contributed by atoms with Crippen molar-refractivity contribution in [2.24, 2.45) is 0 Å². The van der Waals surface area contributed by atoms with Crippen LogP contribution in [0.2, 0.25) is 0 Å². The molecule has 126 valence electrons. The Morgan fingerprint density at radius 2 is 1.92 bits per heavy atom. The average Bonchev–Trinajstić information content (AvgIpc) is 2.63. The molecular formula is C17H19N3O3S. The van der Waals surface area contributed by atoms with E-state index >= 15 is 0 Å². The van der Waals surface area contributed by atoms with Crippen LogP contribution in [0, 0.1) is 10.1 Å². The van der Waals surface area contributed by atoms with Gasteiger partial charge in [0.2, 0.25) is 0 Å². The number of nitro groups is 1. The molecule has 1 aliphatic heterocycles. The van der Waals surface area contributed by atoms with Gasteiger partial charge in [0.25, 0.3) is 5.69 Å². The summed E-state index contributed by atoms with van der Waals surface area (Å²) >= 11 is 1.63. The predicted molar refractivity (Wildman–Crippen MR) is 94.3 cm³/mol. The van der Waals surface area contributed by atoms with E-state index < -0.39 is 0 Å². The zero-order chi connectivity index (χ0) is 16.8. The van der Waals surface area contributed by atoms with Crippen molar-refractivity contribution in [3.05, 3.63) is 52.6 Å². The molecule has 0 N–H and O–H groups in total. The Bertz CT molecular complexity index is 691. The number of benzene rings is 1. The maximum atomic E-state index is 11.3. The lowest BCUT2D eigenvalue weighted by atomic mass is 10.1. The summed E-state index contributed by atoms with van der Waals surface area (Å²) in [6, 6.07) is 12.6. The second kappa shape index (κ2) is 8.23. The highest BCUT2D eigenvalue weighted by atomic mass is 32.2. The van der Waals surface area contributed by atoms with E-state index in [1.807, 2.05) is 30.3 Å². The van der Waals surface area contributed by atoms with Crippen molar-refractivity contribution < 1.29 is 9.66 Å². The van der Waals surface area contributed by atoms with Crippen LogP contribution in [0.15, 0.2) is 47.5 Å². The lowest BCUT2D eigenvalue weighted by molar-refractivity contribution is -0.384. The molecule has 1 saturated heterocycles. The molecule has 0 bridgehead atoms. The lowest BCUT2D eigenvalue weighted by Gasteiger charge is -2.26. The molecule has 0 saturated carbocycles. The van der Waals surface area contributed by atoms with Crippen LogP contribution in [0.3, 0.4) is 0 Å². The molecule has 24 heavy (non-hydrogen) atoms. The second-order valence-electron chi connectivity index (χ2n) is 5.44. The summed E-state index contributed by atoms with van der Waals surface area (Å²) in [4.78, 5) is 17.8. The minimum Gasteiger partial charge on any atom is -0.379 e. The highest BCUT2D eigenvalue weighted by Crippen LogP contribution is 2.30. The van der Waals surface area contributed by atoms with Crippen LogP contribution in [0.1, 0.15) is 0 Å². The summed E-state index contributed by atoms with van der Waals surface area (Å²) in [5.74, 6) is 0.902. The molecule has 1 aromatic heterocycles. The van der Waals surface area contributed by atoms with Gasteiger partial charge >= 0.3 is 0 Å². The topological polar surface area (TPSA) is 68.5 Å². The number of rotatable bonds is 6. The zero-order valence-electron chi connectivity index (χ0n) is 13.3. The van der Waals surface area contributed by atoms with Crippen LogP contribution in [0.25, 0.3) is 11.3 Å². The maximum absolute atomic E-state index is 11.3. The smallest absolute Gasteiger partial charge is 0.295 e. The van der Waals surface area contributed by atoms with Gasteiger partial charge < -0.3 is 4.74 Å². The van der Waals surface area contributed by atoms with Gasteiger partial charge in [0, 0.05) is 37.0 Å². The van der Waals surface area contributed by atoms with Crippen LogP contribution in [0.4, 0.5) is 5.69 Å². The number of hydrogen-bond donors (Lipinski definition) is 0. The number of aromatic nitrogens is 1. The largest absolute Gasteiger partial charge is 0.379 e. The Morgan fingerprint density at radius 1 is 1.17 bits per heavy atom. The molecule has 0 unspecified atom stereocenters. The van der Waals surface area contributed by atoms with Gasteiger partial charge in [-0.05, 0) is 6.07 Å².